The Balaban J connectivity index is 2.33. The van der Waals surface area contributed by atoms with Crippen LogP contribution in [-0.2, 0) is 4.74 Å². The molecule has 1 aliphatic rings. The number of nitrogens with zero attached hydrogens (tertiary/aromatic N) is 1. The van der Waals surface area contributed by atoms with E-state index < -0.39 is 6.09 Å². The smallest absolute Gasteiger partial charge is 0.407 e. The molecule has 0 aromatic carbocycles. The number of amides is 1. The molecule has 0 spiro atoms. The lowest BCUT2D eigenvalue weighted by molar-refractivity contribution is 0.145. The van der Waals surface area contributed by atoms with Crippen LogP contribution in [0.3, 0.4) is 0 Å². The van der Waals surface area contributed by atoms with Gasteiger partial charge in [-0.25, -0.2) is 4.79 Å². The molecule has 0 aliphatic carbocycles. The summed E-state index contributed by atoms with van der Waals surface area (Å²) in [7, 11) is 0. The lowest BCUT2D eigenvalue weighted by Gasteiger charge is -2.13. The van der Waals surface area contributed by atoms with Crippen LogP contribution in [0.4, 0.5) is 4.79 Å². The topological polar surface area (TPSA) is 49.8 Å². The average Bonchev–Trinajstić information content (AvgIpc) is 2.52. The zero-order valence-corrected chi connectivity index (χ0v) is 8.86. The third-order valence-electron chi connectivity index (χ3n) is 1.85. The molecule has 1 aliphatic heterocycles. The summed E-state index contributed by atoms with van der Waals surface area (Å²) in [5, 5.41) is 8.65. The molecule has 0 saturated carbocycles. The quantitative estimate of drug-likeness (QED) is 0.678. The highest BCUT2D eigenvalue weighted by atomic mass is 32.2. The fraction of sp³-hybridized carbons (Fsp3) is 0.714. The van der Waals surface area contributed by atoms with Gasteiger partial charge >= 0.3 is 6.09 Å². The van der Waals surface area contributed by atoms with Crippen molar-refractivity contribution in [2.24, 2.45) is 0 Å². The van der Waals surface area contributed by atoms with Gasteiger partial charge in [-0.2, -0.15) is 0 Å². The normalized spacial score (nSPS) is 21.6. The summed E-state index contributed by atoms with van der Waals surface area (Å²) in [6.45, 7) is 0.965. The largest absolute Gasteiger partial charge is 0.473 e. The Morgan fingerprint density at radius 2 is 2.46 bits per heavy atom. The number of ether oxygens (including phenoxy) is 1. The van der Waals surface area contributed by atoms with Crippen LogP contribution in [0.5, 0.6) is 0 Å². The molecule has 0 aromatic heterocycles. The molecule has 1 amide bonds. The van der Waals surface area contributed by atoms with Gasteiger partial charge in [0.1, 0.15) is 6.10 Å². The summed E-state index contributed by atoms with van der Waals surface area (Å²) < 4.78 is 5.81. The van der Waals surface area contributed by atoms with Crippen molar-refractivity contribution in [1.29, 1.82) is 0 Å². The van der Waals surface area contributed by atoms with Crippen LogP contribution in [0.25, 0.3) is 0 Å². The van der Waals surface area contributed by atoms with Crippen molar-refractivity contribution >= 4 is 34.5 Å². The Morgan fingerprint density at radius 3 is 2.92 bits per heavy atom. The molecule has 1 saturated heterocycles. The van der Waals surface area contributed by atoms with E-state index in [1.54, 1.807) is 0 Å². The molecule has 74 valence electrons. The summed E-state index contributed by atoms with van der Waals surface area (Å²) in [4.78, 5) is 11.9. The summed E-state index contributed by atoms with van der Waals surface area (Å²) in [6, 6.07) is 0. The van der Waals surface area contributed by atoms with E-state index >= 15 is 0 Å². The number of carboxylic acid groups (broad SMARTS) is 1. The first-order chi connectivity index (χ1) is 6.13. The van der Waals surface area contributed by atoms with Crippen LogP contribution < -0.4 is 0 Å². The van der Waals surface area contributed by atoms with Crippen LogP contribution in [0.2, 0.25) is 0 Å². The highest BCUT2D eigenvalue weighted by Gasteiger charge is 2.27. The van der Waals surface area contributed by atoms with Crippen LogP contribution in [0.15, 0.2) is 0 Å². The number of rotatable bonds is 1. The highest BCUT2D eigenvalue weighted by molar-refractivity contribution is 8.22. The van der Waals surface area contributed by atoms with E-state index in [1.807, 2.05) is 6.26 Å². The Hall–Kier alpha value is -0.490. The molecule has 0 radical (unpaired) electrons. The summed E-state index contributed by atoms with van der Waals surface area (Å²) in [6.07, 6.45) is 1.62. The van der Waals surface area contributed by atoms with Crippen LogP contribution >= 0.6 is 24.0 Å². The van der Waals surface area contributed by atoms with Gasteiger partial charge in [0.05, 0.1) is 6.54 Å². The minimum atomic E-state index is -0.888. The van der Waals surface area contributed by atoms with Gasteiger partial charge in [0.2, 0.25) is 4.38 Å². The third kappa shape index (κ3) is 3.04. The number of thiocarbonyl (C=S) groups is 1. The van der Waals surface area contributed by atoms with Crippen molar-refractivity contribution in [3.63, 3.8) is 0 Å². The molecule has 1 rings (SSSR count). The number of thioether (sulfide) groups is 1. The highest BCUT2D eigenvalue weighted by Crippen LogP contribution is 2.15. The molecule has 1 atom stereocenters. The zero-order valence-electron chi connectivity index (χ0n) is 7.23. The van der Waals surface area contributed by atoms with E-state index in [2.05, 4.69) is 0 Å². The van der Waals surface area contributed by atoms with E-state index in [0.29, 0.717) is 17.5 Å². The molecule has 1 N–H and O–H groups in total. The zero-order chi connectivity index (χ0) is 9.84. The van der Waals surface area contributed by atoms with Crippen LogP contribution in [0.1, 0.15) is 6.42 Å². The first-order valence-corrected chi connectivity index (χ1v) is 5.49. The van der Waals surface area contributed by atoms with Crippen LogP contribution in [-0.4, -0.2) is 45.9 Å². The third-order valence-corrected chi connectivity index (χ3v) is 2.87. The van der Waals surface area contributed by atoms with Gasteiger partial charge in [0.25, 0.3) is 0 Å². The maximum Gasteiger partial charge on any atom is 0.407 e. The van der Waals surface area contributed by atoms with E-state index in [9.17, 15) is 4.79 Å². The predicted octanol–water partition coefficient (Wildman–Crippen LogP) is 1.40. The maximum atomic E-state index is 10.5. The molecular formula is C7H11NO3S2. The standard InChI is InChI=1S/C7H11NO3S2/c1-13-7(12)11-5-2-3-8(4-5)6(9)10/h5H,2-4H2,1H3,(H,9,10)/t5-/m1/s1. The lowest BCUT2D eigenvalue weighted by Crippen LogP contribution is -2.28. The monoisotopic (exact) mass is 221 g/mol. The van der Waals surface area contributed by atoms with Gasteiger partial charge < -0.3 is 14.7 Å². The molecule has 0 bridgehead atoms. The Bertz CT molecular complexity index is 222. The van der Waals surface area contributed by atoms with Gasteiger partial charge in [-0.3, -0.25) is 0 Å². The van der Waals surface area contributed by atoms with Crippen molar-refractivity contribution < 1.29 is 14.6 Å². The number of likely N-dealkylation sites (tertiary alicyclic amines) is 1. The van der Waals surface area contributed by atoms with Crippen molar-refractivity contribution in [3.8, 4) is 0 Å². The molecule has 13 heavy (non-hydrogen) atoms. The van der Waals surface area contributed by atoms with E-state index in [4.69, 9.17) is 22.1 Å². The van der Waals surface area contributed by atoms with Crippen molar-refractivity contribution in [3.05, 3.63) is 0 Å². The predicted molar refractivity (Wildman–Crippen MR) is 55.2 cm³/mol. The van der Waals surface area contributed by atoms with E-state index in [-0.39, 0.29) is 6.10 Å². The van der Waals surface area contributed by atoms with Crippen molar-refractivity contribution in [2.75, 3.05) is 19.3 Å². The fourth-order valence-corrected chi connectivity index (χ4v) is 1.55. The van der Waals surface area contributed by atoms with Gasteiger partial charge in [-0.05, 0) is 18.5 Å². The van der Waals surface area contributed by atoms with Gasteiger partial charge in [0.15, 0.2) is 0 Å². The molecule has 1 heterocycles. The second-order valence-corrected chi connectivity index (χ2v) is 4.12. The number of carbonyl (C=O) groups is 1. The molecule has 4 nitrogen and oxygen atoms in total. The first-order valence-electron chi connectivity index (χ1n) is 3.86. The molecular weight excluding hydrogens is 210 g/mol. The Morgan fingerprint density at radius 1 is 1.77 bits per heavy atom. The molecule has 1 fully saturated rings. The SMILES string of the molecule is CSC(=S)O[C@@H]1CCN(C(=O)O)C1. The molecule has 0 aromatic rings. The van der Waals surface area contributed by atoms with Gasteiger partial charge in [-0.1, -0.05) is 11.8 Å². The summed E-state index contributed by atoms with van der Waals surface area (Å²) in [5.74, 6) is 0. The second kappa shape index (κ2) is 4.66. The number of hydrogen-bond acceptors (Lipinski definition) is 4. The molecule has 0 unspecified atom stereocenters. The van der Waals surface area contributed by atoms with Gasteiger partial charge in [0, 0.05) is 13.0 Å². The first kappa shape index (κ1) is 10.6. The van der Waals surface area contributed by atoms with Crippen LogP contribution in [0, 0.1) is 0 Å². The fourth-order valence-electron chi connectivity index (χ4n) is 1.18. The van der Waals surface area contributed by atoms with Gasteiger partial charge in [-0.15, -0.1) is 0 Å². The lowest BCUT2D eigenvalue weighted by atomic mass is 10.3. The van der Waals surface area contributed by atoms with Crippen molar-refractivity contribution in [2.45, 2.75) is 12.5 Å². The number of hydrogen-bond donors (Lipinski definition) is 1. The Labute approximate surface area is 86.2 Å². The summed E-state index contributed by atoms with van der Waals surface area (Å²) in [5.41, 5.74) is 0. The van der Waals surface area contributed by atoms with E-state index in [0.717, 1.165) is 6.42 Å². The summed E-state index contributed by atoms with van der Waals surface area (Å²) >= 11 is 6.24. The van der Waals surface area contributed by atoms with Crippen molar-refractivity contribution in [1.82, 2.24) is 4.90 Å². The minimum absolute atomic E-state index is 0.0592. The van der Waals surface area contributed by atoms with E-state index in [1.165, 1.54) is 16.7 Å². The maximum absolute atomic E-state index is 10.5. The second-order valence-electron chi connectivity index (χ2n) is 2.71. The average molecular weight is 221 g/mol. The Kier molecular flexibility index (Phi) is 3.80. The molecule has 6 heteroatoms. The minimum Gasteiger partial charge on any atom is -0.473 e.